The molecule has 210 valence electrons. The van der Waals surface area contributed by atoms with Crippen molar-refractivity contribution in [2.24, 2.45) is 10.5 Å². The average Bonchev–Trinajstić information content (AvgIpc) is 3.35. The van der Waals surface area contributed by atoms with E-state index >= 15 is 0 Å². The molecular weight excluding hydrogens is 538 g/mol. The van der Waals surface area contributed by atoms with Crippen LogP contribution in [-0.2, 0) is 6.42 Å². The SMILES string of the molecule is C=CCc1cc(C=Nn2c(-c3cc4cc(Cl)ccc4o3)nc3ccccc3c2=O)cc(OCC)c1OCC(C)(C)C. The fraction of sp³-hybridized carbons (Fsp3) is 0.242. The van der Waals surface area contributed by atoms with E-state index in [1.807, 2.05) is 31.2 Å². The van der Waals surface area contributed by atoms with Gasteiger partial charge in [0.1, 0.15) is 5.58 Å². The fourth-order valence-electron chi connectivity index (χ4n) is 4.42. The molecule has 0 amide bonds. The summed E-state index contributed by atoms with van der Waals surface area (Å²) < 4.78 is 19.5. The van der Waals surface area contributed by atoms with Crippen LogP contribution in [0.25, 0.3) is 33.5 Å². The summed E-state index contributed by atoms with van der Waals surface area (Å²) in [7, 11) is 0. The molecule has 0 fully saturated rings. The summed E-state index contributed by atoms with van der Waals surface area (Å²) in [4.78, 5) is 18.4. The predicted octanol–water partition coefficient (Wildman–Crippen LogP) is 7.90. The molecule has 0 aliphatic rings. The summed E-state index contributed by atoms with van der Waals surface area (Å²) in [5.74, 6) is 1.97. The third kappa shape index (κ3) is 6.20. The zero-order valence-corrected chi connectivity index (χ0v) is 24.4. The van der Waals surface area contributed by atoms with Crippen LogP contribution in [0.5, 0.6) is 11.5 Å². The number of halogens is 1. The van der Waals surface area contributed by atoms with Gasteiger partial charge in [0.2, 0.25) is 5.82 Å². The van der Waals surface area contributed by atoms with Crippen molar-refractivity contribution >= 4 is 39.7 Å². The van der Waals surface area contributed by atoms with Gasteiger partial charge in [-0.15, -0.1) is 6.58 Å². The van der Waals surface area contributed by atoms with E-state index in [-0.39, 0.29) is 16.8 Å². The van der Waals surface area contributed by atoms with Gasteiger partial charge in [-0.3, -0.25) is 4.79 Å². The monoisotopic (exact) mass is 569 g/mol. The highest BCUT2D eigenvalue weighted by Crippen LogP contribution is 2.35. The summed E-state index contributed by atoms with van der Waals surface area (Å²) in [6.07, 6.45) is 4.01. The van der Waals surface area contributed by atoms with E-state index in [1.165, 1.54) is 4.68 Å². The molecule has 2 aromatic heterocycles. The maximum absolute atomic E-state index is 13.7. The Morgan fingerprint density at radius 3 is 2.66 bits per heavy atom. The first-order chi connectivity index (χ1) is 19.7. The molecule has 8 heteroatoms. The number of allylic oxidation sites excluding steroid dienone is 1. The third-order valence-corrected chi connectivity index (χ3v) is 6.48. The van der Waals surface area contributed by atoms with E-state index in [4.69, 9.17) is 30.5 Å². The zero-order valence-electron chi connectivity index (χ0n) is 23.6. The summed E-state index contributed by atoms with van der Waals surface area (Å²) in [5, 5.41) is 6.44. The lowest BCUT2D eigenvalue weighted by Crippen LogP contribution is -2.20. The highest BCUT2D eigenvalue weighted by molar-refractivity contribution is 6.31. The van der Waals surface area contributed by atoms with Crippen molar-refractivity contribution in [3.8, 4) is 23.1 Å². The number of ether oxygens (including phenoxy) is 2. The van der Waals surface area contributed by atoms with Gasteiger partial charge in [0.15, 0.2) is 17.3 Å². The highest BCUT2D eigenvalue weighted by atomic mass is 35.5. The normalized spacial score (nSPS) is 11.9. The van der Waals surface area contributed by atoms with Crippen molar-refractivity contribution in [2.45, 2.75) is 34.1 Å². The Hall–Kier alpha value is -4.36. The number of furan rings is 1. The first-order valence-electron chi connectivity index (χ1n) is 13.5. The molecule has 7 nitrogen and oxygen atoms in total. The van der Waals surface area contributed by atoms with Crippen molar-refractivity contribution in [1.29, 1.82) is 0 Å². The van der Waals surface area contributed by atoms with Gasteiger partial charge in [-0.25, -0.2) is 4.98 Å². The van der Waals surface area contributed by atoms with Gasteiger partial charge in [0.05, 0.1) is 30.3 Å². The van der Waals surface area contributed by atoms with Crippen LogP contribution in [0, 0.1) is 5.41 Å². The van der Waals surface area contributed by atoms with E-state index in [0.29, 0.717) is 58.4 Å². The summed E-state index contributed by atoms with van der Waals surface area (Å²) >= 11 is 6.19. The maximum Gasteiger partial charge on any atom is 0.282 e. The molecule has 3 aromatic carbocycles. The van der Waals surface area contributed by atoms with Crippen LogP contribution in [0.3, 0.4) is 0 Å². The number of nitrogens with zero attached hydrogens (tertiary/aromatic N) is 3. The number of rotatable bonds is 9. The predicted molar refractivity (Wildman–Crippen MR) is 166 cm³/mol. The number of hydrogen-bond acceptors (Lipinski definition) is 6. The van der Waals surface area contributed by atoms with Crippen LogP contribution in [0.1, 0.15) is 38.8 Å². The van der Waals surface area contributed by atoms with Gasteiger partial charge in [-0.2, -0.15) is 9.78 Å². The van der Waals surface area contributed by atoms with Gasteiger partial charge in [-0.1, -0.05) is 50.6 Å². The van der Waals surface area contributed by atoms with Crippen LogP contribution in [0.15, 0.2) is 87.6 Å². The van der Waals surface area contributed by atoms with Crippen molar-refractivity contribution < 1.29 is 13.9 Å². The van der Waals surface area contributed by atoms with Crippen molar-refractivity contribution in [3.05, 3.63) is 99.8 Å². The Morgan fingerprint density at radius 1 is 1.10 bits per heavy atom. The maximum atomic E-state index is 13.7. The van der Waals surface area contributed by atoms with E-state index in [1.54, 1.807) is 48.7 Å². The van der Waals surface area contributed by atoms with Gasteiger partial charge in [-0.05, 0) is 72.9 Å². The van der Waals surface area contributed by atoms with Gasteiger partial charge in [0, 0.05) is 16.0 Å². The van der Waals surface area contributed by atoms with Crippen LogP contribution < -0.4 is 15.0 Å². The molecular formula is C33H32ClN3O4. The Labute approximate surface area is 243 Å². The van der Waals surface area contributed by atoms with Gasteiger partial charge in [0.25, 0.3) is 5.56 Å². The van der Waals surface area contributed by atoms with Crippen LogP contribution in [0.4, 0.5) is 0 Å². The lowest BCUT2D eigenvalue weighted by atomic mass is 9.98. The second-order valence-corrected chi connectivity index (χ2v) is 11.3. The second kappa shape index (κ2) is 11.6. The minimum absolute atomic E-state index is 0.0301. The van der Waals surface area contributed by atoms with Gasteiger partial charge < -0.3 is 13.9 Å². The van der Waals surface area contributed by atoms with Crippen LogP contribution >= 0.6 is 11.6 Å². The number of para-hydroxylation sites is 1. The first kappa shape index (κ1) is 28.2. The fourth-order valence-corrected chi connectivity index (χ4v) is 4.60. The molecule has 0 aliphatic carbocycles. The minimum atomic E-state index is -0.318. The standard InChI is InChI=1S/C33H32ClN3O4/c1-6-10-22-15-21(16-28(39-7-2)30(22)40-20-33(3,4)5)19-35-37-31(36-26-12-9-8-11-25(26)32(37)38)29-18-23-17-24(34)13-14-27(23)41-29/h6,8-9,11-19H,1,7,10,20H2,2-5H3. The Bertz CT molecular complexity index is 1830. The zero-order chi connectivity index (χ0) is 29.1. The molecule has 2 heterocycles. The molecule has 0 aliphatic heterocycles. The smallest absolute Gasteiger partial charge is 0.282 e. The Balaban J connectivity index is 1.64. The minimum Gasteiger partial charge on any atom is -0.490 e. The number of aromatic nitrogens is 2. The Kier molecular flexibility index (Phi) is 7.99. The second-order valence-electron chi connectivity index (χ2n) is 10.9. The molecule has 0 saturated carbocycles. The summed E-state index contributed by atoms with van der Waals surface area (Å²) in [6, 6.07) is 18.1. The van der Waals surface area contributed by atoms with E-state index in [2.05, 4.69) is 32.5 Å². The number of fused-ring (bicyclic) bond motifs is 2. The molecule has 0 atom stereocenters. The lowest BCUT2D eigenvalue weighted by Gasteiger charge is -2.22. The molecule has 41 heavy (non-hydrogen) atoms. The molecule has 0 bridgehead atoms. The van der Waals surface area contributed by atoms with E-state index in [9.17, 15) is 4.79 Å². The van der Waals surface area contributed by atoms with E-state index in [0.717, 1.165) is 16.5 Å². The third-order valence-electron chi connectivity index (χ3n) is 6.24. The van der Waals surface area contributed by atoms with Crippen LogP contribution in [-0.4, -0.2) is 29.1 Å². The van der Waals surface area contributed by atoms with Crippen molar-refractivity contribution in [2.75, 3.05) is 13.2 Å². The first-order valence-corrected chi connectivity index (χ1v) is 13.8. The molecule has 0 unspecified atom stereocenters. The van der Waals surface area contributed by atoms with Gasteiger partial charge >= 0.3 is 0 Å². The van der Waals surface area contributed by atoms with Crippen molar-refractivity contribution in [3.63, 3.8) is 0 Å². The van der Waals surface area contributed by atoms with Crippen molar-refractivity contribution in [1.82, 2.24) is 9.66 Å². The average molecular weight is 570 g/mol. The Morgan fingerprint density at radius 2 is 1.90 bits per heavy atom. The molecule has 0 N–H and O–H groups in total. The molecule has 0 spiro atoms. The number of hydrogen-bond donors (Lipinski definition) is 0. The highest BCUT2D eigenvalue weighted by Gasteiger charge is 2.19. The topological polar surface area (TPSA) is 78.9 Å². The largest absolute Gasteiger partial charge is 0.490 e. The quantitative estimate of drug-likeness (QED) is 0.133. The molecule has 0 saturated heterocycles. The van der Waals surface area contributed by atoms with Crippen LogP contribution in [0.2, 0.25) is 5.02 Å². The molecule has 5 rings (SSSR count). The van der Waals surface area contributed by atoms with E-state index < -0.39 is 0 Å². The molecule has 5 aromatic rings. The summed E-state index contributed by atoms with van der Waals surface area (Å²) in [5.41, 5.74) is 2.47. The number of benzene rings is 3. The summed E-state index contributed by atoms with van der Waals surface area (Å²) in [6.45, 7) is 13.2. The molecule has 0 radical (unpaired) electrons. The lowest BCUT2D eigenvalue weighted by molar-refractivity contribution is 0.187.